The van der Waals surface area contributed by atoms with Gasteiger partial charge in [0.05, 0.1) is 28.5 Å². The summed E-state index contributed by atoms with van der Waals surface area (Å²) in [5, 5.41) is 3.03. The molecule has 250 valence electrons. The van der Waals surface area contributed by atoms with Crippen LogP contribution in [0.15, 0.2) is 89.7 Å². The minimum atomic E-state index is -0.230. The summed E-state index contributed by atoms with van der Waals surface area (Å²) >= 11 is 0. The summed E-state index contributed by atoms with van der Waals surface area (Å²) in [6.07, 6.45) is 7.88. The zero-order valence-corrected chi connectivity index (χ0v) is 27.6. The summed E-state index contributed by atoms with van der Waals surface area (Å²) < 4.78 is 12.0. The lowest BCUT2D eigenvalue weighted by Gasteiger charge is -2.53. The number of hydrogen-bond acceptors (Lipinski definition) is 8. The van der Waals surface area contributed by atoms with Gasteiger partial charge in [0.2, 0.25) is 0 Å². The molecule has 2 fully saturated rings. The molecule has 11 heteroatoms. The quantitative estimate of drug-likeness (QED) is 0.209. The molecule has 2 aromatic carbocycles. The van der Waals surface area contributed by atoms with Gasteiger partial charge in [-0.05, 0) is 86.3 Å². The van der Waals surface area contributed by atoms with Crippen LogP contribution in [-0.2, 0) is 11.2 Å². The number of H-pyrrole nitrogens is 1. The molecule has 0 atom stereocenters. The number of ether oxygens (including phenoxy) is 1. The van der Waals surface area contributed by atoms with Crippen molar-refractivity contribution in [2.45, 2.75) is 26.2 Å². The molecule has 3 aliphatic rings. The highest BCUT2D eigenvalue weighted by molar-refractivity contribution is 6.10. The molecule has 2 amide bonds. The molecule has 50 heavy (non-hydrogen) atoms. The van der Waals surface area contributed by atoms with Crippen molar-refractivity contribution in [3.8, 4) is 22.9 Å². The smallest absolute Gasteiger partial charge is 0.259 e. The third-order valence-corrected chi connectivity index (χ3v) is 10.2. The van der Waals surface area contributed by atoms with E-state index < -0.39 is 0 Å². The molecule has 4 aromatic heterocycles. The number of hydrogen-bond donors (Lipinski definition) is 2. The van der Waals surface area contributed by atoms with E-state index in [2.05, 4.69) is 25.2 Å². The summed E-state index contributed by atoms with van der Waals surface area (Å²) in [5.41, 5.74) is 7.07. The molecule has 2 saturated heterocycles. The lowest BCUT2D eigenvalue weighted by Crippen LogP contribution is -2.59. The summed E-state index contributed by atoms with van der Waals surface area (Å²) in [6.45, 7) is 5.71. The average molecular weight is 666 g/mol. The van der Waals surface area contributed by atoms with E-state index >= 15 is 0 Å². The van der Waals surface area contributed by atoms with Crippen molar-refractivity contribution in [1.82, 2.24) is 19.9 Å². The van der Waals surface area contributed by atoms with Crippen molar-refractivity contribution < 1.29 is 18.7 Å². The van der Waals surface area contributed by atoms with Crippen LogP contribution in [0.2, 0.25) is 0 Å². The zero-order valence-electron chi connectivity index (χ0n) is 27.6. The van der Waals surface area contributed by atoms with Gasteiger partial charge in [-0.2, -0.15) is 0 Å². The minimum Gasteiger partial charge on any atom is -0.452 e. The van der Waals surface area contributed by atoms with Gasteiger partial charge in [0.15, 0.2) is 11.6 Å². The number of furan rings is 1. The van der Waals surface area contributed by atoms with E-state index in [1.54, 1.807) is 41.6 Å². The predicted molar refractivity (Wildman–Crippen MR) is 190 cm³/mol. The maximum absolute atomic E-state index is 14.0. The summed E-state index contributed by atoms with van der Waals surface area (Å²) in [7, 11) is 0. The highest BCUT2D eigenvalue weighted by Gasteiger charge is 2.45. The fourth-order valence-electron chi connectivity index (χ4n) is 7.45. The number of para-hydroxylation sites is 2. The largest absolute Gasteiger partial charge is 0.452 e. The molecule has 0 aliphatic carbocycles. The second kappa shape index (κ2) is 12.0. The summed E-state index contributed by atoms with van der Waals surface area (Å²) in [5.74, 6) is 2.32. The molecule has 7 heterocycles. The van der Waals surface area contributed by atoms with Crippen LogP contribution in [-0.4, -0.2) is 64.6 Å². The first kappa shape index (κ1) is 30.3. The van der Waals surface area contributed by atoms with Gasteiger partial charge in [0, 0.05) is 73.0 Å². The molecule has 0 saturated carbocycles. The summed E-state index contributed by atoms with van der Waals surface area (Å²) in [6, 6.07) is 20.7. The van der Waals surface area contributed by atoms with Gasteiger partial charge in [-0.15, -0.1) is 0 Å². The molecule has 0 radical (unpaired) electrons. The maximum atomic E-state index is 14.0. The molecule has 3 aliphatic heterocycles. The van der Waals surface area contributed by atoms with Crippen molar-refractivity contribution in [3.63, 3.8) is 0 Å². The lowest BCUT2D eigenvalue weighted by molar-refractivity contribution is -0.000510. The van der Waals surface area contributed by atoms with E-state index in [1.165, 1.54) is 0 Å². The van der Waals surface area contributed by atoms with E-state index in [-0.39, 0.29) is 17.2 Å². The monoisotopic (exact) mass is 665 g/mol. The lowest BCUT2D eigenvalue weighted by atomic mass is 9.73. The Kier molecular flexibility index (Phi) is 7.24. The number of benzene rings is 2. The third kappa shape index (κ3) is 5.30. The fourth-order valence-corrected chi connectivity index (χ4v) is 7.45. The van der Waals surface area contributed by atoms with Crippen molar-refractivity contribution in [2.75, 3.05) is 48.0 Å². The zero-order chi connectivity index (χ0) is 33.8. The van der Waals surface area contributed by atoms with Gasteiger partial charge in [-0.3, -0.25) is 14.6 Å². The van der Waals surface area contributed by atoms with E-state index in [0.29, 0.717) is 58.6 Å². The van der Waals surface area contributed by atoms with Gasteiger partial charge >= 0.3 is 0 Å². The molecule has 2 N–H and O–H groups in total. The van der Waals surface area contributed by atoms with Crippen molar-refractivity contribution >= 4 is 40.0 Å². The molecule has 1 spiro atoms. The molecule has 0 unspecified atom stereocenters. The summed E-state index contributed by atoms with van der Waals surface area (Å²) in [4.78, 5) is 48.6. The molecule has 0 bridgehead atoms. The van der Waals surface area contributed by atoms with Gasteiger partial charge in [0.1, 0.15) is 11.6 Å². The number of rotatable bonds is 5. The molecular formula is C39H35N7O4. The Labute approximate surface area is 288 Å². The Hall–Kier alpha value is -5.81. The highest BCUT2D eigenvalue weighted by atomic mass is 16.5. The Balaban J connectivity index is 0.927. The fraction of sp³-hybridized carbons (Fsp3) is 0.256. The van der Waals surface area contributed by atoms with Crippen LogP contribution in [0.1, 0.15) is 44.7 Å². The van der Waals surface area contributed by atoms with Gasteiger partial charge < -0.3 is 29.3 Å². The number of fused-ring (bicyclic) bond motifs is 4. The number of amides is 2. The first-order valence-corrected chi connectivity index (χ1v) is 17.0. The molecule has 11 nitrogen and oxygen atoms in total. The minimum absolute atomic E-state index is 0.162. The highest BCUT2D eigenvalue weighted by Crippen LogP contribution is 2.43. The second-order valence-electron chi connectivity index (χ2n) is 13.6. The Morgan fingerprint density at radius 1 is 0.980 bits per heavy atom. The van der Waals surface area contributed by atoms with E-state index in [1.807, 2.05) is 55.6 Å². The number of aromatic nitrogens is 4. The molecule has 9 rings (SSSR count). The number of nitrogens with zero attached hydrogens (tertiary/aromatic N) is 5. The number of carbonyl (C=O) groups is 2. The van der Waals surface area contributed by atoms with Crippen molar-refractivity contribution in [2.24, 2.45) is 5.41 Å². The van der Waals surface area contributed by atoms with E-state index in [0.717, 1.165) is 66.9 Å². The topological polar surface area (TPSA) is 129 Å². The van der Waals surface area contributed by atoms with Crippen LogP contribution in [0.25, 0.3) is 33.9 Å². The van der Waals surface area contributed by atoms with Crippen LogP contribution in [0.3, 0.4) is 0 Å². The third-order valence-electron chi connectivity index (χ3n) is 10.2. The van der Waals surface area contributed by atoms with E-state index in [9.17, 15) is 9.59 Å². The number of aromatic amines is 1. The van der Waals surface area contributed by atoms with Crippen LogP contribution in [0.5, 0.6) is 0 Å². The molecule has 6 aromatic rings. The van der Waals surface area contributed by atoms with Crippen LogP contribution in [0, 0.1) is 12.3 Å². The number of pyridine rings is 2. The Morgan fingerprint density at radius 3 is 2.62 bits per heavy atom. The van der Waals surface area contributed by atoms with Crippen LogP contribution < -0.4 is 15.1 Å². The number of aryl methyl sites for hydroxylation is 1. The Morgan fingerprint density at radius 2 is 1.80 bits per heavy atom. The first-order valence-electron chi connectivity index (χ1n) is 17.0. The number of carbonyl (C=O) groups excluding carboxylic acids is 2. The average Bonchev–Trinajstić information content (AvgIpc) is 3.73. The maximum Gasteiger partial charge on any atom is 0.259 e. The number of imidazole rings is 1. The molecular weight excluding hydrogens is 630 g/mol. The second-order valence-corrected chi connectivity index (χ2v) is 13.6. The standard InChI is InChI=1S/C39H35N7O4/c1-24-18-29(36(41-20-24)45-22-39(23-45)12-16-49-17-13-39)37(47)42-27-8-6-25(7-9-27)38(48)46-15-11-26-19-33(35-43-30-4-2-3-5-31(30)44-35)50-34(26)28-10-14-40-21-32(28)46/h2-10,14,18-21H,11-13,15-17,22-23H2,1H3,(H,42,47)(H,43,44). The van der Waals surface area contributed by atoms with Gasteiger partial charge in [-0.1, -0.05) is 12.1 Å². The first-order chi connectivity index (χ1) is 24.4. The SMILES string of the molecule is Cc1cnc(N2CC3(CCOCC3)C2)c(C(=O)Nc2ccc(C(=O)N3CCc4cc(-c5nc6ccccc6[nH]5)oc4-c4ccncc43)cc2)c1. The normalized spacial score (nSPS) is 16.4. The number of nitrogens with one attached hydrogen (secondary N) is 2. The Bertz CT molecular complexity index is 2230. The van der Waals surface area contributed by atoms with Gasteiger partial charge in [0.25, 0.3) is 11.8 Å². The predicted octanol–water partition coefficient (Wildman–Crippen LogP) is 6.66. The van der Waals surface area contributed by atoms with E-state index in [4.69, 9.17) is 14.1 Å². The van der Waals surface area contributed by atoms with Gasteiger partial charge in [-0.25, -0.2) is 9.97 Å². The number of anilines is 3. The van der Waals surface area contributed by atoms with Crippen LogP contribution >= 0.6 is 0 Å². The van der Waals surface area contributed by atoms with Crippen molar-refractivity contribution in [1.29, 1.82) is 0 Å². The van der Waals surface area contributed by atoms with Crippen molar-refractivity contribution in [3.05, 3.63) is 108 Å². The van der Waals surface area contributed by atoms with Crippen LogP contribution in [0.4, 0.5) is 17.2 Å².